The Hall–Kier alpha value is -3.61. The van der Waals surface area contributed by atoms with Crippen LogP contribution in [0.3, 0.4) is 0 Å². The second-order valence-corrected chi connectivity index (χ2v) is 12.0. The third-order valence-corrected chi connectivity index (χ3v) is 6.64. The number of rotatable bonds is 16. The van der Waals surface area contributed by atoms with E-state index < -0.39 is 66.5 Å². The van der Waals surface area contributed by atoms with Crippen molar-refractivity contribution in [3.63, 3.8) is 0 Å². The maximum Gasteiger partial charge on any atom is 0.347 e. The highest BCUT2D eigenvalue weighted by atomic mass is 32.1. The summed E-state index contributed by atoms with van der Waals surface area (Å²) in [6.45, 7) is 14.4. The van der Waals surface area contributed by atoms with Gasteiger partial charge in [0.1, 0.15) is 18.8 Å². The van der Waals surface area contributed by atoms with E-state index in [1.54, 1.807) is 0 Å². The Balaban J connectivity index is 1.91. The summed E-state index contributed by atoms with van der Waals surface area (Å²) in [5, 5.41) is 12.4. The second kappa shape index (κ2) is 17.9. The van der Waals surface area contributed by atoms with Gasteiger partial charge in [-0.25, -0.2) is 24.0 Å². The van der Waals surface area contributed by atoms with Crippen LogP contribution in [0.2, 0.25) is 0 Å². The Labute approximate surface area is 271 Å². The van der Waals surface area contributed by atoms with Gasteiger partial charge in [-0.1, -0.05) is 0 Å². The number of hydrogen-bond acceptors (Lipinski definition) is 18. The number of aliphatic hydroxyl groups is 1. The van der Waals surface area contributed by atoms with Crippen molar-refractivity contribution >= 4 is 47.4 Å². The van der Waals surface area contributed by atoms with Gasteiger partial charge in [-0.3, -0.25) is 0 Å². The fourth-order valence-electron chi connectivity index (χ4n) is 3.50. The summed E-state index contributed by atoms with van der Waals surface area (Å²) in [4.78, 5) is 63.4. The summed E-state index contributed by atoms with van der Waals surface area (Å²) in [6.07, 6.45) is -8.02. The SMILES string of the molecule is CC(O)C(=O)OC(C)C(=O)OC(C)C(=O)OC(C)C(=O)OC(C)C(=O)OC(CNC(C)(C)C)COc1nsnc1N1CCOCC1. The van der Waals surface area contributed by atoms with E-state index in [4.69, 9.17) is 33.2 Å². The van der Waals surface area contributed by atoms with Crippen LogP contribution in [0.1, 0.15) is 55.4 Å². The summed E-state index contributed by atoms with van der Waals surface area (Å²) < 4.78 is 45.2. The molecule has 1 aliphatic rings. The Morgan fingerprint density at radius 3 is 1.72 bits per heavy atom. The van der Waals surface area contributed by atoms with E-state index in [-0.39, 0.29) is 18.7 Å². The molecule has 0 saturated carbocycles. The van der Waals surface area contributed by atoms with Crippen LogP contribution >= 0.6 is 11.7 Å². The van der Waals surface area contributed by atoms with E-state index in [2.05, 4.69) is 14.1 Å². The number of aliphatic hydroxyl groups excluding tert-OH is 1. The topological polar surface area (TPSA) is 211 Å². The predicted octanol–water partition coefficient (Wildman–Crippen LogP) is 0.161. The van der Waals surface area contributed by atoms with Crippen molar-refractivity contribution in [2.75, 3.05) is 44.4 Å². The van der Waals surface area contributed by atoms with E-state index in [9.17, 15) is 29.1 Å². The summed E-state index contributed by atoms with van der Waals surface area (Å²) in [7, 11) is 0. The molecule has 1 fully saturated rings. The van der Waals surface area contributed by atoms with Gasteiger partial charge in [-0.15, -0.1) is 4.37 Å². The van der Waals surface area contributed by atoms with Crippen LogP contribution in [-0.4, -0.2) is 125 Å². The quantitative estimate of drug-likeness (QED) is 0.176. The van der Waals surface area contributed by atoms with Crippen LogP contribution in [0.15, 0.2) is 0 Å². The van der Waals surface area contributed by atoms with Crippen molar-refractivity contribution in [1.29, 1.82) is 0 Å². The minimum absolute atomic E-state index is 0.0697. The first-order chi connectivity index (χ1) is 21.5. The van der Waals surface area contributed by atoms with Gasteiger partial charge in [0.05, 0.1) is 24.9 Å². The zero-order chi connectivity index (χ0) is 34.6. The number of anilines is 1. The molecule has 2 heterocycles. The van der Waals surface area contributed by atoms with Gasteiger partial charge in [0.15, 0.2) is 24.4 Å². The monoisotopic (exact) mass is 676 g/mol. The van der Waals surface area contributed by atoms with Gasteiger partial charge < -0.3 is 48.5 Å². The molecule has 0 bridgehead atoms. The zero-order valence-corrected chi connectivity index (χ0v) is 28.1. The molecule has 0 radical (unpaired) electrons. The molecule has 0 amide bonds. The first-order valence-corrected chi connectivity index (χ1v) is 15.4. The summed E-state index contributed by atoms with van der Waals surface area (Å²) in [5.74, 6) is -4.28. The first kappa shape index (κ1) is 38.6. The number of hydrogen-bond donors (Lipinski definition) is 2. The molecule has 1 aromatic heterocycles. The number of carbonyl (C=O) groups excluding carboxylic acids is 5. The third-order valence-electron chi connectivity index (χ3n) is 6.14. The maximum atomic E-state index is 12.9. The molecule has 0 aromatic carbocycles. The minimum Gasteiger partial charge on any atom is -0.470 e. The second-order valence-electron chi connectivity index (χ2n) is 11.5. The van der Waals surface area contributed by atoms with Crippen LogP contribution in [0.4, 0.5) is 5.82 Å². The van der Waals surface area contributed by atoms with E-state index in [0.717, 1.165) is 18.7 Å². The van der Waals surface area contributed by atoms with E-state index >= 15 is 0 Å². The molecule has 2 rings (SSSR count). The fraction of sp³-hybridized carbons (Fsp3) is 0.750. The Bertz CT molecular complexity index is 1180. The molecule has 1 aromatic rings. The van der Waals surface area contributed by atoms with Gasteiger partial charge in [0.2, 0.25) is 5.82 Å². The number of morpholine rings is 1. The van der Waals surface area contributed by atoms with Gasteiger partial charge in [-0.2, -0.15) is 4.37 Å². The Morgan fingerprint density at radius 2 is 1.26 bits per heavy atom. The minimum atomic E-state index is -1.48. The van der Waals surface area contributed by atoms with Crippen LogP contribution in [-0.2, 0) is 52.4 Å². The van der Waals surface area contributed by atoms with Crippen molar-refractivity contribution in [3.8, 4) is 5.88 Å². The molecular weight excluding hydrogens is 632 g/mol. The smallest absolute Gasteiger partial charge is 0.347 e. The standard InChI is InChI=1S/C28H44N4O13S/c1-15(33)23(34)41-16(2)24(35)42-17(3)25(36)43-18(4)26(37)44-19(5)27(38)45-20(13-29-28(6,7)8)14-40-22-21(30-46-31-22)32-9-11-39-12-10-32/h15-20,29,33H,9-14H2,1-8H3. The lowest BCUT2D eigenvalue weighted by Crippen LogP contribution is -2.45. The number of esters is 5. The molecule has 17 nitrogen and oxygen atoms in total. The van der Waals surface area contributed by atoms with E-state index in [1.807, 2.05) is 25.7 Å². The van der Waals surface area contributed by atoms with Gasteiger partial charge >= 0.3 is 29.8 Å². The maximum absolute atomic E-state index is 12.9. The third kappa shape index (κ3) is 13.0. The van der Waals surface area contributed by atoms with Crippen molar-refractivity contribution < 1.29 is 62.2 Å². The number of carbonyl (C=O) groups is 5. The fourth-order valence-corrected chi connectivity index (χ4v) is 4.02. The van der Waals surface area contributed by atoms with E-state index in [1.165, 1.54) is 27.7 Å². The van der Waals surface area contributed by atoms with Crippen molar-refractivity contribution in [1.82, 2.24) is 14.1 Å². The lowest BCUT2D eigenvalue weighted by atomic mass is 10.1. The summed E-state index contributed by atoms with van der Waals surface area (Å²) in [6, 6.07) is 0. The average Bonchev–Trinajstić information content (AvgIpc) is 3.46. The number of aromatic nitrogens is 2. The zero-order valence-electron chi connectivity index (χ0n) is 27.3. The van der Waals surface area contributed by atoms with Gasteiger partial charge in [0.25, 0.3) is 5.88 Å². The molecule has 6 unspecified atom stereocenters. The molecule has 1 aliphatic heterocycles. The molecule has 1 saturated heterocycles. The lowest BCUT2D eigenvalue weighted by Gasteiger charge is -2.28. The van der Waals surface area contributed by atoms with Crippen molar-refractivity contribution in [2.45, 2.75) is 97.6 Å². The molecule has 2 N–H and O–H groups in total. The molecule has 6 atom stereocenters. The van der Waals surface area contributed by atoms with Crippen LogP contribution in [0.5, 0.6) is 5.88 Å². The van der Waals surface area contributed by atoms with Crippen LogP contribution in [0, 0.1) is 0 Å². The first-order valence-electron chi connectivity index (χ1n) is 14.7. The molecule has 18 heteroatoms. The predicted molar refractivity (Wildman–Crippen MR) is 160 cm³/mol. The van der Waals surface area contributed by atoms with Crippen molar-refractivity contribution in [3.05, 3.63) is 0 Å². The van der Waals surface area contributed by atoms with Crippen molar-refractivity contribution in [2.24, 2.45) is 0 Å². The largest absolute Gasteiger partial charge is 0.470 e. The summed E-state index contributed by atoms with van der Waals surface area (Å²) >= 11 is 0.995. The Kier molecular flexibility index (Phi) is 15.0. The highest BCUT2D eigenvalue weighted by molar-refractivity contribution is 6.99. The lowest BCUT2D eigenvalue weighted by molar-refractivity contribution is -0.186. The molecular formula is C28H44N4O13S. The van der Waals surface area contributed by atoms with Crippen LogP contribution < -0.4 is 15.0 Å². The number of ether oxygens (including phenoxy) is 7. The average molecular weight is 677 g/mol. The number of nitrogens with zero attached hydrogens (tertiary/aromatic N) is 3. The van der Waals surface area contributed by atoms with Crippen LogP contribution in [0.25, 0.3) is 0 Å². The highest BCUT2D eigenvalue weighted by Crippen LogP contribution is 2.26. The highest BCUT2D eigenvalue weighted by Gasteiger charge is 2.32. The molecule has 0 aliphatic carbocycles. The normalized spacial score (nSPS) is 17.4. The Morgan fingerprint density at radius 1 is 0.804 bits per heavy atom. The summed E-state index contributed by atoms with van der Waals surface area (Å²) in [5.41, 5.74) is -0.310. The molecule has 260 valence electrons. The molecule has 46 heavy (non-hydrogen) atoms. The van der Waals surface area contributed by atoms with Gasteiger partial charge in [-0.05, 0) is 55.4 Å². The number of nitrogens with one attached hydrogen (secondary N) is 1. The van der Waals surface area contributed by atoms with Gasteiger partial charge in [0, 0.05) is 25.2 Å². The van der Waals surface area contributed by atoms with E-state index in [0.29, 0.717) is 38.0 Å². The molecule has 0 spiro atoms.